The zero-order valence-electron chi connectivity index (χ0n) is 9.06. The molecule has 0 saturated heterocycles. The van der Waals surface area contributed by atoms with Crippen LogP contribution in [0.2, 0.25) is 0 Å². The van der Waals surface area contributed by atoms with Gasteiger partial charge in [0, 0.05) is 0 Å². The molecule has 1 aromatic carbocycles. The molecule has 0 aliphatic rings. The maximum Gasteiger partial charge on any atom is 0.102 e. The molecule has 4 N–H and O–H groups in total. The minimum Gasteiger partial charge on any atom is -0.393 e. The van der Waals surface area contributed by atoms with E-state index in [4.69, 9.17) is 10.8 Å². The van der Waals surface area contributed by atoms with Crippen molar-refractivity contribution in [2.24, 2.45) is 5.73 Å². The number of rotatable bonds is 5. The first-order chi connectivity index (χ1) is 7.20. The van der Waals surface area contributed by atoms with Crippen molar-refractivity contribution in [2.45, 2.75) is 25.4 Å². The van der Waals surface area contributed by atoms with Gasteiger partial charge in [-0.15, -0.1) is 0 Å². The second-order valence-electron chi connectivity index (χ2n) is 3.81. The second kappa shape index (κ2) is 5.85. The number of aliphatic hydroxyl groups is 2. The fourth-order valence-electron chi connectivity index (χ4n) is 1.77. The van der Waals surface area contributed by atoms with Crippen molar-refractivity contribution in [1.82, 2.24) is 0 Å². The third-order valence-electron chi connectivity index (χ3n) is 2.66. The fourth-order valence-corrected chi connectivity index (χ4v) is 1.77. The van der Waals surface area contributed by atoms with E-state index in [2.05, 4.69) is 6.92 Å². The van der Waals surface area contributed by atoms with Crippen LogP contribution in [0, 0.1) is 0 Å². The van der Waals surface area contributed by atoms with Gasteiger partial charge in [-0.3, -0.25) is 0 Å². The largest absolute Gasteiger partial charge is 0.393 e. The van der Waals surface area contributed by atoms with E-state index < -0.39 is 6.10 Å². The summed E-state index contributed by atoms with van der Waals surface area (Å²) in [7, 11) is 0. The van der Waals surface area contributed by atoms with E-state index in [1.165, 1.54) is 0 Å². The zero-order valence-corrected chi connectivity index (χ0v) is 9.06. The molecule has 0 saturated carbocycles. The highest BCUT2D eigenvalue weighted by Crippen LogP contribution is 2.26. The minimum atomic E-state index is -0.790. The van der Waals surface area contributed by atoms with Crippen LogP contribution in [0.25, 0.3) is 0 Å². The molecular weight excluding hydrogens is 190 g/mol. The Morgan fingerprint density at radius 1 is 1.27 bits per heavy atom. The molecule has 0 amide bonds. The maximum absolute atomic E-state index is 9.65. The summed E-state index contributed by atoms with van der Waals surface area (Å²) >= 11 is 0. The van der Waals surface area contributed by atoms with Crippen LogP contribution in [-0.2, 0) is 0 Å². The summed E-state index contributed by atoms with van der Waals surface area (Å²) < 4.78 is 0. The Bertz CT molecular complexity index is 301. The molecule has 84 valence electrons. The van der Waals surface area contributed by atoms with Gasteiger partial charge in [-0.25, -0.2) is 0 Å². The molecule has 2 atom stereocenters. The van der Waals surface area contributed by atoms with Crippen molar-refractivity contribution in [3.8, 4) is 0 Å². The van der Waals surface area contributed by atoms with Gasteiger partial charge in [0.1, 0.15) is 6.10 Å². The molecule has 0 spiro atoms. The number of benzene rings is 1. The predicted octanol–water partition coefficient (Wildman–Crippen LogP) is 1.16. The van der Waals surface area contributed by atoms with Crippen LogP contribution in [0.3, 0.4) is 0 Å². The Morgan fingerprint density at radius 2 is 1.87 bits per heavy atom. The molecule has 0 aliphatic heterocycles. The Labute approximate surface area is 90.5 Å². The number of hydrogen-bond acceptors (Lipinski definition) is 3. The van der Waals surface area contributed by atoms with Gasteiger partial charge in [-0.2, -0.15) is 0 Å². The van der Waals surface area contributed by atoms with Crippen LogP contribution in [0.5, 0.6) is 0 Å². The molecule has 0 aliphatic carbocycles. The molecular formula is C12H19NO2. The van der Waals surface area contributed by atoms with Gasteiger partial charge in [0.15, 0.2) is 0 Å². The standard InChI is InChI=1S/C12H19NO2/c1-9(6-7-13)10-4-2-3-5-11(10)12(15)8-14/h2-5,9,12,14-15H,6-8,13H2,1H3. The van der Waals surface area contributed by atoms with E-state index in [0.717, 1.165) is 17.5 Å². The molecule has 1 rings (SSSR count). The van der Waals surface area contributed by atoms with Gasteiger partial charge in [-0.05, 0) is 30.0 Å². The van der Waals surface area contributed by atoms with Gasteiger partial charge in [0.05, 0.1) is 6.61 Å². The highest BCUT2D eigenvalue weighted by Gasteiger charge is 2.14. The van der Waals surface area contributed by atoms with Crippen LogP contribution in [0.15, 0.2) is 24.3 Å². The summed E-state index contributed by atoms with van der Waals surface area (Å²) in [6.07, 6.45) is 0.0937. The maximum atomic E-state index is 9.65. The Kier molecular flexibility index (Phi) is 4.75. The Morgan fingerprint density at radius 3 is 2.40 bits per heavy atom. The normalized spacial score (nSPS) is 14.9. The lowest BCUT2D eigenvalue weighted by molar-refractivity contribution is 0.0946. The van der Waals surface area contributed by atoms with Crippen LogP contribution >= 0.6 is 0 Å². The summed E-state index contributed by atoms with van der Waals surface area (Å²) in [5, 5.41) is 18.6. The van der Waals surface area contributed by atoms with Crippen LogP contribution < -0.4 is 5.73 Å². The molecule has 0 heterocycles. The second-order valence-corrected chi connectivity index (χ2v) is 3.81. The van der Waals surface area contributed by atoms with Crippen LogP contribution in [-0.4, -0.2) is 23.4 Å². The molecule has 0 radical (unpaired) electrons. The van der Waals surface area contributed by atoms with E-state index in [1.807, 2.05) is 24.3 Å². The molecule has 0 fully saturated rings. The summed E-state index contributed by atoms with van der Waals surface area (Å²) in [5.74, 6) is 0.312. The van der Waals surface area contributed by atoms with Crippen molar-refractivity contribution in [3.63, 3.8) is 0 Å². The first-order valence-corrected chi connectivity index (χ1v) is 5.28. The van der Waals surface area contributed by atoms with Crippen molar-refractivity contribution >= 4 is 0 Å². The summed E-state index contributed by atoms with van der Waals surface area (Å²) in [6, 6.07) is 7.64. The average Bonchev–Trinajstić information content (AvgIpc) is 2.28. The quantitative estimate of drug-likeness (QED) is 0.682. The van der Waals surface area contributed by atoms with E-state index in [1.54, 1.807) is 0 Å². The van der Waals surface area contributed by atoms with E-state index in [0.29, 0.717) is 12.5 Å². The zero-order chi connectivity index (χ0) is 11.3. The smallest absolute Gasteiger partial charge is 0.102 e. The van der Waals surface area contributed by atoms with Crippen molar-refractivity contribution in [3.05, 3.63) is 35.4 Å². The van der Waals surface area contributed by atoms with Crippen molar-refractivity contribution in [2.75, 3.05) is 13.2 Å². The molecule has 0 aromatic heterocycles. The van der Waals surface area contributed by atoms with Gasteiger partial charge < -0.3 is 15.9 Å². The predicted molar refractivity (Wildman–Crippen MR) is 60.6 cm³/mol. The van der Waals surface area contributed by atoms with Gasteiger partial charge in [0.2, 0.25) is 0 Å². The minimum absolute atomic E-state index is 0.244. The Hall–Kier alpha value is -0.900. The molecule has 2 unspecified atom stereocenters. The van der Waals surface area contributed by atoms with Crippen molar-refractivity contribution < 1.29 is 10.2 Å². The molecule has 1 aromatic rings. The van der Waals surface area contributed by atoms with E-state index >= 15 is 0 Å². The first-order valence-electron chi connectivity index (χ1n) is 5.28. The van der Waals surface area contributed by atoms with E-state index in [9.17, 15) is 5.11 Å². The molecule has 3 heteroatoms. The number of aliphatic hydroxyl groups excluding tert-OH is 2. The number of nitrogens with two attached hydrogens (primary N) is 1. The van der Waals surface area contributed by atoms with Crippen LogP contribution in [0.4, 0.5) is 0 Å². The van der Waals surface area contributed by atoms with E-state index in [-0.39, 0.29) is 6.61 Å². The molecule has 0 bridgehead atoms. The molecule has 3 nitrogen and oxygen atoms in total. The SMILES string of the molecule is CC(CCN)c1ccccc1C(O)CO. The monoisotopic (exact) mass is 209 g/mol. The lowest BCUT2D eigenvalue weighted by Crippen LogP contribution is -2.10. The summed E-state index contributed by atoms with van der Waals surface area (Å²) in [6.45, 7) is 2.47. The summed E-state index contributed by atoms with van der Waals surface area (Å²) in [4.78, 5) is 0. The number of hydrogen-bond donors (Lipinski definition) is 3. The topological polar surface area (TPSA) is 66.5 Å². The molecule has 15 heavy (non-hydrogen) atoms. The van der Waals surface area contributed by atoms with Crippen LogP contribution in [0.1, 0.15) is 36.5 Å². The van der Waals surface area contributed by atoms with Gasteiger partial charge in [-0.1, -0.05) is 31.2 Å². The fraction of sp³-hybridized carbons (Fsp3) is 0.500. The highest BCUT2D eigenvalue weighted by atomic mass is 16.3. The third kappa shape index (κ3) is 3.02. The average molecular weight is 209 g/mol. The highest BCUT2D eigenvalue weighted by molar-refractivity contribution is 5.31. The lowest BCUT2D eigenvalue weighted by atomic mass is 9.91. The van der Waals surface area contributed by atoms with Gasteiger partial charge in [0.25, 0.3) is 0 Å². The Balaban J connectivity index is 2.95. The lowest BCUT2D eigenvalue weighted by Gasteiger charge is -2.18. The van der Waals surface area contributed by atoms with Gasteiger partial charge >= 0.3 is 0 Å². The first kappa shape index (κ1) is 12.2. The third-order valence-corrected chi connectivity index (χ3v) is 2.66. The summed E-state index contributed by atoms with van der Waals surface area (Å²) in [5.41, 5.74) is 7.39. The van der Waals surface area contributed by atoms with Crippen molar-refractivity contribution in [1.29, 1.82) is 0 Å².